The Labute approximate surface area is 82.7 Å². The van der Waals surface area contributed by atoms with Crippen LogP contribution in [0.4, 0.5) is 0 Å². The molecule has 72 valence electrons. The van der Waals surface area contributed by atoms with Crippen LogP contribution in [0.25, 0.3) is 0 Å². The molecule has 1 aromatic heterocycles. The maximum Gasteiger partial charge on any atom is 0.356 e. The molecular weight excluding hydrogens is 190 g/mol. The number of carbonyl (C=O) groups is 1. The van der Waals surface area contributed by atoms with E-state index in [4.69, 9.17) is 16.3 Å². The molecular formula is C9H12ClNO2. The summed E-state index contributed by atoms with van der Waals surface area (Å²) < 4.78 is 4.72. The van der Waals surface area contributed by atoms with Crippen LogP contribution in [0.1, 0.15) is 24.8 Å². The minimum Gasteiger partial charge on any atom is -0.461 e. The Hall–Kier alpha value is -1.09. The first-order valence-electron chi connectivity index (χ1n) is 3.52. The summed E-state index contributed by atoms with van der Waals surface area (Å²) in [7, 11) is 0. The summed E-state index contributed by atoms with van der Waals surface area (Å²) >= 11 is 5.58. The Kier molecular flexibility index (Phi) is 5.07. The topological polar surface area (TPSA) is 39.2 Å². The van der Waals surface area contributed by atoms with Crippen LogP contribution in [0.15, 0.2) is 18.3 Å². The average molecular weight is 202 g/mol. The molecule has 0 aliphatic heterocycles. The SMILES string of the molecule is C.CCOC(=O)c1ccc(Cl)cn1. The van der Waals surface area contributed by atoms with Gasteiger partial charge in [-0.2, -0.15) is 0 Å². The van der Waals surface area contributed by atoms with Gasteiger partial charge in [-0.3, -0.25) is 0 Å². The first-order chi connectivity index (χ1) is 5.74. The van der Waals surface area contributed by atoms with E-state index >= 15 is 0 Å². The highest BCUT2D eigenvalue weighted by atomic mass is 35.5. The van der Waals surface area contributed by atoms with Gasteiger partial charge in [0.1, 0.15) is 5.69 Å². The molecule has 0 saturated carbocycles. The monoisotopic (exact) mass is 201 g/mol. The maximum absolute atomic E-state index is 11.0. The Morgan fingerprint density at radius 3 is 2.77 bits per heavy atom. The summed E-state index contributed by atoms with van der Waals surface area (Å²) in [4.78, 5) is 14.8. The van der Waals surface area contributed by atoms with Gasteiger partial charge in [-0.25, -0.2) is 9.78 Å². The zero-order valence-corrected chi connectivity index (χ0v) is 7.34. The second kappa shape index (κ2) is 5.54. The molecule has 0 fully saturated rings. The number of carbonyl (C=O) groups excluding carboxylic acids is 1. The van der Waals surface area contributed by atoms with Gasteiger partial charge >= 0.3 is 5.97 Å². The normalized spacial score (nSPS) is 8.77. The van der Waals surface area contributed by atoms with Gasteiger partial charge in [-0.15, -0.1) is 0 Å². The Balaban J connectivity index is 0.00000144. The molecule has 1 heterocycles. The molecule has 0 spiro atoms. The highest BCUT2D eigenvalue weighted by Gasteiger charge is 2.06. The molecule has 0 saturated heterocycles. The van der Waals surface area contributed by atoms with Gasteiger partial charge in [0.15, 0.2) is 0 Å². The predicted octanol–water partition coefficient (Wildman–Crippen LogP) is 2.55. The molecule has 0 amide bonds. The van der Waals surface area contributed by atoms with Gasteiger partial charge in [-0.05, 0) is 19.1 Å². The molecule has 0 N–H and O–H groups in total. The van der Waals surface area contributed by atoms with Crippen LogP contribution in [0.3, 0.4) is 0 Å². The van der Waals surface area contributed by atoms with Crippen molar-refractivity contribution in [3.63, 3.8) is 0 Å². The quantitative estimate of drug-likeness (QED) is 0.691. The summed E-state index contributed by atoms with van der Waals surface area (Å²) in [5.74, 6) is -0.422. The number of nitrogens with zero attached hydrogens (tertiary/aromatic N) is 1. The molecule has 0 bridgehead atoms. The zero-order valence-electron chi connectivity index (χ0n) is 6.58. The molecule has 0 atom stereocenters. The summed E-state index contributed by atoms with van der Waals surface area (Å²) in [5.41, 5.74) is 0.279. The van der Waals surface area contributed by atoms with Crippen LogP contribution in [-0.4, -0.2) is 17.6 Å². The van der Waals surface area contributed by atoms with E-state index in [2.05, 4.69) is 4.98 Å². The number of hydrogen-bond acceptors (Lipinski definition) is 3. The summed E-state index contributed by atoms with van der Waals surface area (Å²) in [5, 5.41) is 0.503. The second-order valence-corrected chi connectivity index (χ2v) is 2.52. The first-order valence-corrected chi connectivity index (χ1v) is 3.90. The molecule has 0 aromatic carbocycles. The van der Waals surface area contributed by atoms with Gasteiger partial charge in [0.25, 0.3) is 0 Å². The van der Waals surface area contributed by atoms with Crippen molar-refractivity contribution < 1.29 is 9.53 Å². The number of aromatic nitrogens is 1. The second-order valence-electron chi connectivity index (χ2n) is 2.08. The van der Waals surface area contributed by atoms with Crippen molar-refractivity contribution >= 4 is 17.6 Å². The lowest BCUT2D eigenvalue weighted by Gasteiger charge is -1.99. The highest BCUT2D eigenvalue weighted by Crippen LogP contribution is 2.06. The molecule has 0 aliphatic carbocycles. The van der Waals surface area contributed by atoms with Crippen molar-refractivity contribution in [1.29, 1.82) is 0 Å². The number of hydrogen-bond donors (Lipinski definition) is 0. The molecule has 0 aliphatic rings. The zero-order chi connectivity index (χ0) is 8.97. The number of rotatable bonds is 2. The first kappa shape index (κ1) is 11.9. The highest BCUT2D eigenvalue weighted by molar-refractivity contribution is 6.30. The van der Waals surface area contributed by atoms with Crippen molar-refractivity contribution in [1.82, 2.24) is 4.98 Å². The number of esters is 1. The van der Waals surface area contributed by atoms with Crippen molar-refractivity contribution in [2.24, 2.45) is 0 Å². The van der Waals surface area contributed by atoms with Crippen LogP contribution in [-0.2, 0) is 4.74 Å². The van der Waals surface area contributed by atoms with E-state index < -0.39 is 5.97 Å². The van der Waals surface area contributed by atoms with Crippen LogP contribution >= 0.6 is 11.6 Å². The molecule has 1 rings (SSSR count). The molecule has 3 nitrogen and oxygen atoms in total. The van der Waals surface area contributed by atoms with Crippen molar-refractivity contribution in [2.45, 2.75) is 14.4 Å². The fourth-order valence-electron chi connectivity index (χ4n) is 0.702. The van der Waals surface area contributed by atoms with Crippen molar-refractivity contribution in [3.05, 3.63) is 29.0 Å². The van der Waals surface area contributed by atoms with Gasteiger partial charge in [0, 0.05) is 6.20 Å². The van der Waals surface area contributed by atoms with Gasteiger partial charge in [0.05, 0.1) is 11.6 Å². The lowest BCUT2D eigenvalue weighted by molar-refractivity contribution is 0.0519. The van der Waals surface area contributed by atoms with Crippen molar-refractivity contribution in [3.8, 4) is 0 Å². The van der Waals surface area contributed by atoms with E-state index in [0.29, 0.717) is 11.6 Å². The molecule has 1 aromatic rings. The molecule has 4 heteroatoms. The summed E-state index contributed by atoms with van der Waals surface area (Å²) in [6, 6.07) is 3.13. The van der Waals surface area contributed by atoms with E-state index in [-0.39, 0.29) is 13.1 Å². The van der Waals surface area contributed by atoms with Gasteiger partial charge in [-0.1, -0.05) is 19.0 Å². The lowest BCUT2D eigenvalue weighted by Crippen LogP contribution is -2.06. The average Bonchev–Trinajstić information content (AvgIpc) is 2.06. The van der Waals surface area contributed by atoms with Crippen LogP contribution < -0.4 is 0 Å². The summed E-state index contributed by atoms with van der Waals surface area (Å²) in [6.07, 6.45) is 1.41. The Bertz CT molecular complexity index is 271. The minimum absolute atomic E-state index is 0. The minimum atomic E-state index is -0.422. The Morgan fingerprint density at radius 2 is 2.31 bits per heavy atom. The molecule has 0 radical (unpaired) electrons. The third-order valence-electron chi connectivity index (χ3n) is 1.21. The van der Waals surface area contributed by atoms with Crippen LogP contribution in [0, 0.1) is 0 Å². The number of pyridine rings is 1. The van der Waals surface area contributed by atoms with E-state index in [1.165, 1.54) is 12.3 Å². The van der Waals surface area contributed by atoms with E-state index in [1.807, 2.05) is 0 Å². The third-order valence-corrected chi connectivity index (χ3v) is 1.44. The lowest BCUT2D eigenvalue weighted by atomic mass is 10.3. The van der Waals surface area contributed by atoms with Crippen LogP contribution in [0.2, 0.25) is 5.02 Å². The third kappa shape index (κ3) is 3.42. The molecule has 13 heavy (non-hydrogen) atoms. The molecule has 0 unspecified atom stereocenters. The summed E-state index contributed by atoms with van der Waals surface area (Å²) in [6.45, 7) is 2.09. The largest absolute Gasteiger partial charge is 0.461 e. The number of ether oxygens (including phenoxy) is 1. The van der Waals surface area contributed by atoms with Gasteiger partial charge in [0.2, 0.25) is 0 Å². The van der Waals surface area contributed by atoms with E-state index in [9.17, 15) is 4.79 Å². The fraction of sp³-hybridized carbons (Fsp3) is 0.333. The smallest absolute Gasteiger partial charge is 0.356 e. The van der Waals surface area contributed by atoms with E-state index in [0.717, 1.165) is 0 Å². The van der Waals surface area contributed by atoms with Crippen molar-refractivity contribution in [2.75, 3.05) is 6.61 Å². The maximum atomic E-state index is 11.0. The van der Waals surface area contributed by atoms with Gasteiger partial charge < -0.3 is 4.74 Å². The van der Waals surface area contributed by atoms with E-state index in [1.54, 1.807) is 13.0 Å². The standard InChI is InChI=1S/C8H8ClNO2.CH4/c1-2-12-8(11)7-4-3-6(9)5-10-7;/h3-5H,2H2,1H3;1H4. The van der Waals surface area contributed by atoms with Crippen LogP contribution in [0.5, 0.6) is 0 Å². The fourth-order valence-corrected chi connectivity index (χ4v) is 0.813. The Morgan fingerprint density at radius 1 is 1.62 bits per heavy atom. The predicted molar refractivity (Wildman–Crippen MR) is 51.9 cm³/mol. The number of halogens is 1.